The number of hydrogen-bond donors (Lipinski definition) is 0. The van der Waals surface area contributed by atoms with Gasteiger partial charge < -0.3 is 9.47 Å². The molecule has 0 aromatic heterocycles. The van der Waals surface area contributed by atoms with Crippen molar-refractivity contribution in [2.24, 2.45) is 0 Å². The molecule has 1 unspecified atom stereocenters. The monoisotopic (exact) mass is 458 g/mol. The van der Waals surface area contributed by atoms with Crippen molar-refractivity contribution in [3.05, 3.63) is 149 Å². The lowest BCUT2D eigenvalue weighted by Crippen LogP contribution is -2.15. The van der Waals surface area contributed by atoms with E-state index < -0.39 is 0 Å². The largest absolute Gasteiger partial charge is 0.494 e. The maximum absolute atomic E-state index is 13.1. The van der Waals surface area contributed by atoms with Gasteiger partial charge in [-0.05, 0) is 48.9 Å². The summed E-state index contributed by atoms with van der Waals surface area (Å²) in [6, 6.07) is 35.7. The lowest BCUT2D eigenvalue weighted by atomic mass is 9.81. The van der Waals surface area contributed by atoms with E-state index in [2.05, 4.69) is 18.2 Å². The molecule has 0 bridgehead atoms. The fourth-order valence-corrected chi connectivity index (χ4v) is 4.41. The van der Waals surface area contributed by atoms with Crippen LogP contribution >= 0.6 is 0 Å². The number of ketones is 1. The lowest BCUT2D eigenvalue weighted by molar-refractivity contribution is 0.104. The van der Waals surface area contributed by atoms with E-state index in [-0.39, 0.29) is 11.7 Å². The highest BCUT2D eigenvalue weighted by Crippen LogP contribution is 2.46. The first-order chi connectivity index (χ1) is 17.2. The van der Waals surface area contributed by atoms with Gasteiger partial charge in [0.2, 0.25) is 0 Å². The van der Waals surface area contributed by atoms with E-state index in [1.165, 1.54) is 0 Å². The maximum Gasteiger partial charge on any atom is 0.185 e. The van der Waals surface area contributed by atoms with E-state index in [4.69, 9.17) is 9.47 Å². The maximum atomic E-state index is 13.1. The first-order valence-electron chi connectivity index (χ1n) is 11.8. The van der Waals surface area contributed by atoms with Crippen molar-refractivity contribution in [2.75, 3.05) is 6.61 Å². The highest BCUT2D eigenvalue weighted by Gasteiger charge is 2.30. The minimum Gasteiger partial charge on any atom is -0.494 e. The van der Waals surface area contributed by atoms with Crippen molar-refractivity contribution in [3.8, 4) is 11.5 Å². The van der Waals surface area contributed by atoms with Gasteiger partial charge in [0, 0.05) is 28.2 Å². The Kier molecular flexibility index (Phi) is 6.58. The standard InChI is InChI=1S/C32H26O3/c1-2-34-26-19-17-23(18-20-26)29(33)22-21-28-31(24-11-5-3-6-12-24)27-15-9-10-16-30(27)35-32(28)25-13-7-4-8-14-25/h3-22,31H,2H2,1H3. The second kappa shape index (κ2) is 10.3. The van der Waals surface area contributed by atoms with Gasteiger partial charge in [-0.1, -0.05) is 84.9 Å². The second-order valence-electron chi connectivity index (χ2n) is 8.29. The second-order valence-corrected chi connectivity index (χ2v) is 8.29. The first kappa shape index (κ1) is 22.4. The molecule has 1 aliphatic heterocycles. The Balaban J connectivity index is 1.61. The Labute approximate surface area is 206 Å². The SMILES string of the molecule is CCOc1ccc(C(=O)C=CC2=C(c3ccccc3)Oc3ccccc3C2c2ccccc2)cc1. The van der Waals surface area contributed by atoms with Gasteiger partial charge in [-0.25, -0.2) is 0 Å². The average Bonchev–Trinajstić information content (AvgIpc) is 2.92. The summed E-state index contributed by atoms with van der Waals surface area (Å²) in [6.45, 7) is 2.53. The molecule has 0 saturated heterocycles. The Morgan fingerprint density at radius 3 is 2.20 bits per heavy atom. The van der Waals surface area contributed by atoms with E-state index in [0.717, 1.165) is 39.5 Å². The summed E-state index contributed by atoms with van der Waals surface area (Å²) in [4.78, 5) is 13.1. The van der Waals surface area contributed by atoms with Crippen LogP contribution in [0.3, 0.4) is 0 Å². The zero-order chi connectivity index (χ0) is 24.0. The van der Waals surface area contributed by atoms with Crippen LogP contribution in [0.2, 0.25) is 0 Å². The quantitative estimate of drug-likeness (QED) is 0.213. The number of ether oxygens (including phenoxy) is 2. The molecule has 4 aromatic rings. The molecule has 3 heteroatoms. The average molecular weight is 459 g/mol. The highest BCUT2D eigenvalue weighted by molar-refractivity contribution is 6.05. The third kappa shape index (κ3) is 4.80. The lowest BCUT2D eigenvalue weighted by Gasteiger charge is -2.30. The number of rotatable bonds is 7. The Bertz CT molecular complexity index is 1370. The topological polar surface area (TPSA) is 35.5 Å². The summed E-state index contributed by atoms with van der Waals surface area (Å²) in [7, 11) is 0. The first-order valence-corrected chi connectivity index (χ1v) is 11.8. The number of allylic oxidation sites excluding steroid dienone is 3. The van der Waals surface area contributed by atoms with Crippen molar-refractivity contribution in [2.45, 2.75) is 12.8 Å². The number of carbonyl (C=O) groups is 1. The van der Waals surface area contributed by atoms with E-state index in [1.807, 2.05) is 91.9 Å². The number of fused-ring (bicyclic) bond motifs is 1. The molecule has 3 nitrogen and oxygen atoms in total. The Hall–Kier alpha value is -4.37. The molecular weight excluding hydrogens is 432 g/mol. The van der Waals surface area contributed by atoms with Crippen LogP contribution in [-0.4, -0.2) is 12.4 Å². The molecule has 0 spiro atoms. The number of carbonyl (C=O) groups excluding carboxylic acids is 1. The van der Waals surface area contributed by atoms with Gasteiger partial charge in [0.05, 0.1) is 6.61 Å². The van der Waals surface area contributed by atoms with E-state index in [9.17, 15) is 4.79 Å². The minimum absolute atomic E-state index is 0.0688. The van der Waals surface area contributed by atoms with Crippen molar-refractivity contribution in [1.29, 1.82) is 0 Å². The molecule has 0 radical (unpaired) electrons. The van der Waals surface area contributed by atoms with Gasteiger partial charge in [-0.2, -0.15) is 0 Å². The molecule has 35 heavy (non-hydrogen) atoms. The van der Waals surface area contributed by atoms with Gasteiger partial charge in [0.25, 0.3) is 0 Å². The van der Waals surface area contributed by atoms with Gasteiger partial charge in [-0.15, -0.1) is 0 Å². The number of para-hydroxylation sites is 1. The van der Waals surface area contributed by atoms with E-state index in [0.29, 0.717) is 12.2 Å². The zero-order valence-electron chi connectivity index (χ0n) is 19.6. The van der Waals surface area contributed by atoms with Crippen molar-refractivity contribution in [3.63, 3.8) is 0 Å². The van der Waals surface area contributed by atoms with Gasteiger partial charge in [0.1, 0.15) is 17.3 Å². The Morgan fingerprint density at radius 2 is 1.49 bits per heavy atom. The van der Waals surface area contributed by atoms with Crippen LogP contribution in [0.15, 0.2) is 127 Å². The number of hydrogen-bond acceptors (Lipinski definition) is 3. The van der Waals surface area contributed by atoms with Crippen LogP contribution in [0.4, 0.5) is 0 Å². The van der Waals surface area contributed by atoms with Crippen LogP contribution < -0.4 is 9.47 Å². The molecule has 4 aromatic carbocycles. The summed E-state index contributed by atoms with van der Waals surface area (Å²) in [6.07, 6.45) is 3.55. The molecule has 0 amide bonds. The molecule has 0 saturated carbocycles. The van der Waals surface area contributed by atoms with Crippen molar-refractivity contribution < 1.29 is 14.3 Å². The number of benzene rings is 4. The van der Waals surface area contributed by atoms with Crippen LogP contribution in [0, 0.1) is 0 Å². The smallest absolute Gasteiger partial charge is 0.185 e. The summed E-state index contributed by atoms with van der Waals surface area (Å²) in [5.74, 6) is 2.20. The van der Waals surface area contributed by atoms with E-state index in [1.54, 1.807) is 18.2 Å². The molecule has 0 aliphatic carbocycles. The van der Waals surface area contributed by atoms with Crippen molar-refractivity contribution >= 4 is 11.5 Å². The fourth-order valence-electron chi connectivity index (χ4n) is 4.41. The van der Waals surface area contributed by atoms with Gasteiger partial charge in [0.15, 0.2) is 5.78 Å². The molecule has 5 rings (SSSR count). The molecule has 0 fully saturated rings. The summed E-state index contributed by atoms with van der Waals surface area (Å²) in [5, 5.41) is 0. The van der Waals surface area contributed by atoms with Gasteiger partial charge in [-0.3, -0.25) is 4.79 Å². The molecular formula is C32H26O3. The predicted octanol–water partition coefficient (Wildman–Crippen LogP) is 7.46. The minimum atomic E-state index is -0.0707. The molecule has 0 N–H and O–H groups in total. The van der Waals surface area contributed by atoms with E-state index >= 15 is 0 Å². The summed E-state index contributed by atoms with van der Waals surface area (Å²) in [5.41, 5.74) is 4.74. The Morgan fingerprint density at radius 1 is 0.829 bits per heavy atom. The fraction of sp³-hybridized carbons (Fsp3) is 0.0938. The third-order valence-electron chi connectivity index (χ3n) is 6.05. The third-order valence-corrected chi connectivity index (χ3v) is 6.05. The van der Waals surface area contributed by atoms with Crippen molar-refractivity contribution in [1.82, 2.24) is 0 Å². The molecule has 1 atom stereocenters. The van der Waals surface area contributed by atoms with Crippen LogP contribution in [0.25, 0.3) is 5.76 Å². The van der Waals surface area contributed by atoms with Crippen LogP contribution in [0.1, 0.15) is 39.9 Å². The summed E-state index contributed by atoms with van der Waals surface area (Å²) >= 11 is 0. The van der Waals surface area contributed by atoms with Crippen LogP contribution in [0.5, 0.6) is 11.5 Å². The molecule has 1 heterocycles. The molecule has 172 valence electrons. The van der Waals surface area contributed by atoms with Crippen LogP contribution in [-0.2, 0) is 0 Å². The predicted molar refractivity (Wildman–Crippen MR) is 140 cm³/mol. The normalized spacial score (nSPS) is 14.9. The molecule has 1 aliphatic rings. The zero-order valence-corrected chi connectivity index (χ0v) is 19.6. The summed E-state index contributed by atoms with van der Waals surface area (Å²) < 4.78 is 12.0. The van der Waals surface area contributed by atoms with Gasteiger partial charge >= 0.3 is 0 Å². The highest BCUT2D eigenvalue weighted by atomic mass is 16.5.